The quantitative estimate of drug-likeness (QED) is 0.583. The van der Waals surface area contributed by atoms with E-state index in [9.17, 15) is 0 Å². The number of hydrogen-bond donors (Lipinski definition) is 3. The van der Waals surface area contributed by atoms with Gasteiger partial charge in [0.15, 0.2) is 0 Å². The Morgan fingerprint density at radius 2 is 2.00 bits per heavy atom. The Morgan fingerprint density at radius 1 is 1.24 bits per heavy atom. The largest absolute Gasteiger partial charge is 0.394 e. The van der Waals surface area contributed by atoms with Crippen LogP contribution in [-0.4, -0.2) is 53.5 Å². The van der Waals surface area contributed by atoms with E-state index in [1.54, 1.807) is 7.05 Å². The average Bonchev–Trinajstić information content (AvgIpc) is 2.33. The summed E-state index contributed by atoms with van der Waals surface area (Å²) in [7, 11) is 1.71. The molecule has 1 aromatic rings. The van der Waals surface area contributed by atoms with Gasteiger partial charge in [-0.15, -0.1) is 0 Å². The second kappa shape index (κ2) is 7.99. The normalized spacial score (nSPS) is 10.3. The number of aliphatic hydroxyl groups is 1. The highest BCUT2D eigenvalue weighted by Crippen LogP contribution is 2.08. The maximum atomic E-state index is 8.50. The number of ether oxygens (including phenoxy) is 1. The lowest BCUT2D eigenvalue weighted by molar-refractivity contribution is 0.0921. The van der Waals surface area contributed by atoms with Crippen molar-refractivity contribution >= 4 is 23.5 Å². The van der Waals surface area contributed by atoms with Crippen LogP contribution in [0.5, 0.6) is 0 Å². The van der Waals surface area contributed by atoms with Gasteiger partial charge in [0.05, 0.1) is 13.2 Å². The molecule has 0 saturated carbocycles. The summed E-state index contributed by atoms with van der Waals surface area (Å²) in [6.07, 6.45) is 0.790. The number of rotatable bonds is 8. The summed E-state index contributed by atoms with van der Waals surface area (Å²) in [4.78, 5) is 11.9. The number of aliphatic hydroxyl groups excluding tert-OH is 1. The minimum atomic E-state index is 0.0437. The van der Waals surface area contributed by atoms with Crippen molar-refractivity contribution in [2.75, 3.05) is 44.0 Å². The Balaban J connectivity index is 2.28. The van der Waals surface area contributed by atoms with E-state index in [-0.39, 0.29) is 11.9 Å². The fourth-order valence-electron chi connectivity index (χ4n) is 1.08. The van der Waals surface area contributed by atoms with Crippen molar-refractivity contribution in [3.05, 3.63) is 5.28 Å². The number of hydrogen-bond acceptors (Lipinski definition) is 7. The second-order valence-electron chi connectivity index (χ2n) is 3.12. The molecule has 1 aromatic heterocycles. The van der Waals surface area contributed by atoms with Gasteiger partial charge in [0.2, 0.25) is 17.2 Å². The molecule has 0 bridgehead atoms. The van der Waals surface area contributed by atoms with Crippen LogP contribution in [0.2, 0.25) is 5.28 Å². The van der Waals surface area contributed by atoms with Crippen LogP contribution in [0.15, 0.2) is 0 Å². The van der Waals surface area contributed by atoms with E-state index in [1.165, 1.54) is 0 Å². The van der Waals surface area contributed by atoms with Gasteiger partial charge in [0.25, 0.3) is 0 Å². The van der Waals surface area contributed by atoms with Gasteiger partial charge in [-0.25, -0.2) is 0 Å². The second-order valence-corrected chi connectivity index (χ2v) is 3.46. The summed E-state index contributed by atoms with van der Waals surface area (Å²) < 4.78 is 5.11. The third kappa shape index (κ3) is 5.62. The molecule has 0 saturated heterocycles. The van der Waals surface area contributed by atoms with Gasteiger partial charge in [-0.1, -0.05) is 0 Å². The maximum Gasteiger partial charge on any atom is 0.228 e. The van der Waals surface area contributed by atoms with Crippen molar-refractivity contribution in [3.63, 3.8) is 0 Å². The fourth-order valence-corrected chi connectivity index (χ4v) is 1.24. The summed E-state index contributed by atoms with van der Waals surface area (Å²) in [5.74, 6) is 0.848. The van der Waals surface area contributed by atoms with E-state index in [0.29, 0.717) is 31.7 Å². The van der Waals surface area contributed by atoms with Crippen LogP contribution in [-0.2, 0) is 4.74 Å². The smallest absolute Gasteiger partial charge is 0.228 e. The Morgan fingerprint density at radius 3 is 2.71 bits per heavy atom. The van der Waals surface area contributed by atoms with Crippen LogP contribution in [0.1, 0.15) is 6.42 Å². The van der Waals surface area contributed by atoms with E-state index in [4.69, 9.17) is 21.4 Å². The molecule has 8 heteroatoms. The molecule has 0 unspecified atom stereocenters. The molecule has 1 heterocycles. The van der Waals surface area contributed by atoms with Crippen molar-refractivity contribution in [1.82, 2.24) is 15.0 Å². The SMILES string of the molecule is CNc1nc(Cl)nc(NCCCOCCO)n1. The highest BCUT2D eigenvalue weighted by molar-refractivity contribution is 6.28. The Labute approximate surface area is 105 Å². The standard InChI is InChI=1S/C9H16ClN5O2/c1-11-8-13-7(10)14-9(15-8)12-3-2-5-17-6-4-16/h16H,2-6H2,1H3,(H2,11,12,13,14,15). The lowest BCUT2D eigenvalue weighted by atomic mass is 10.4. The van der Waals surface area contributed by atoms with Gasteiger partial charge in [0.1, 0.15) is 0 Å². The molecule has 3 N–H and O–H groups in total. The first-order chi connectivity index (χ1) is 8.26. The monoisotopic (exact) mass is 261 g/mol. The molecule has 0 spiro atoms. The van der Waals surface area contributed by atoms with Gasteiger partial charge in [-0.3, -0.25) is 0 Å². The van der Waals surface area contributed by atoms with Crippen molar-refractivity contribution in [2.24, 2.45) is 0 Å². The zero-order valence-corrected chi connectivity index (χ0v) is 10.4. The molecule has 0 aliphatic heterocycles. The summed E-state index contributed by atoms with van der Waals surface area (Å²) >= 11 is 5.72. The highest BCUT2D eigenvalue weighted by atomic mass is 35.5. The van der Waals surface area contributed by atoms with E-state index in [1.807, 2.05) is 0 Å². The van der Waals surface area contributed by atoms with Crippen molar-refractivity contribution < 1.29 is 9.84 Å². The number of nitrogens with one attached hydrogen (secondary N) is 2. The lowest BCUT2D eigenvalue weighted by Crippen LogP contribution is -2.11. The van der Waals surface area contributed by atoms with E-state index < -0.39 is 0 Å². The third-order valence-electron chi connectivity index (χ3n) is 1.82. The first kappa shape index (κ1) is 13.9. The van der Waals surface area contributed by atoms with Crippen LogP contribution < -0.4 is 10.6 Å². The lowest BCUT2D eigenvalue weighted by Gasteiger charge is -2.06. The van der Waals surface area contributed by atoms with Gasteiger partial charge >= 0.3 is 0 Å². The molecular weight excluding hydrogens is 246 g/mol. The predicted molar refractivity (Wildman–Crippen MR) is 65.4 cm³/mol. The van der Waals surface area contributed by atoms with E-state index in [0.717, 1.165) is 6.42 Å². The van der Waals surface area contributed by atoms with Crippen LogP contribution in [0, 0.1) is 0 Å². The number of nitrogens with zero attached hydrogens (tertiary/aromatic N) is 3. The van der Waals surface area contributed by atoms with Gasteiger partial charge < -0.3 is 20.5 Å². The summed E-state index contributed by atoms with van der Waals surface area (Å²) in [6.45, 7) is 1.64. The predicted octanol–water partition coefficient (Wildman–Crippen LogP) is 0.378. The van der Waals surface area contributed by atoms with Crippen LogP contribution in [0.25, 0.3) is 0 Å². The van der Waals surface area contributed by atoms with Gasteiger partial charge in [-0.05, 0) is 18.0 Å². The molecular formula is C9H16ClN5O2. The number of anilines is 2. The van der Waals surface area contributed by atoms with E-state index in [2.05, 4.69) is 25.6 Å². The van der Waals surface area contributed by atoms with Gasteiger partial charge in [0, 0.05) is 20.2 Å². The zero-order valence-electron chi connectivity index (χ0n) is 9.61. The van der Waals surface area contributed by atoms with E-state index >= 15 is 0 Å². The molecule has 96 valence electrons. The summed E-state index contributed by atoms with van der Waals surface area (Å²) in [5, 5.41) is 14.4. The topological polar surface area (TPSA) is 92.2 Å². The van der Waals surface area contributed by atoms with Crippen molar-refractivity contribution in [2.45, 2.75) is 6.42 Å². The Hall–Kier alpha value is -1.18. The third-order valence-corrected chi connectivity index (χ3v) is 1.98. The maximum absolute atomic E-state index is 8.50. The molecule has 0 fully saturated rings. The van der Waals surface area contributed by atoms with Crippen molar-refractivity contribution in [1.29, 1.82) is 0 Å². The number of halogens is 1. The molecule has 1 rings (SSSR count). The molecule has 0 radical (unpaired) electrons. The molecule has 17 heavy (non-hydrogen) atoms. The summed E-state index contributed by atoms with van der Waals surface area (Å²) in [5.41, 5.74) is 0. The molecule has 0 aromatic carbocycles. The first-order valence-electron chi connectivity index (χ1n) is 5.28. The molecule has 0 amide bonds. The van der Waals surface area contributed by atoms with Crippen LogP contribution >= 0.6 is 11.6 Å². The fraction of sp³-hybridized carbons (Fsp3) is 0.667. The summed E-state index contributed by atoms with van der Waals surface area (Å²) in [6, 6.07) is 0. The van der Waals surface area contributed by atoms with Gasteiger partial charge in [-0.2, -0.15) is 15.0 Å². The minimum Gasteiger partial charge on any atom is -0.394 e. The molecule has 0 aliphatic carbocycles. The zero-order chi connectivity index (χ0) is 12.5. The van der Waals surface area contributed by atoms with Crippen LogP contribution in [0.3, 0.4) is 0 Å². The minimum absolute atomic E-state index is 0.0437. The number of aromatic nitrogens is 3. The average molecular weight is 262 g/mol. The van der Waals surface area contributed by atoms with Crippen LogP contribution in [0.4, 0.5) is 11.9 Å². The highest BCUT2D eigenvalue weighted by Gasteiger charge is 2.02. The van der Waals surface area contributed by atoms with Crippen molar-refractivity contribution in [3.8, 4) is 0 Å². The first-order valence-corrected chi connectivity index (χ1v) is 5.66. The molecule has 7 nitrogen and oxygen atoms in total. The molecule has 0 atom stereocenters. The Bertz CT molecular complexity index is 339. The Kier molecular flexibility index (Phi) is 6.53. The molecule has 0 aliphatic rings.